The van der Waals surface area contributed by atoms with E-state index in [9.17, 15) is 9.18 Å². The van der Waals surface area contributed by atoms with Crippen LogP contribution >= 0.6 is 0 Å². The maximum atomic E-state index is 14.3. The number of aliphatic imine (C=N–C) groups is 2. The lowest BCUT2D eigenvalue weighted by atomic mass is 10.0. The summed E-state index contributed by atoms with van der Waals surface area (Å²) in [4.78, 5) is 22.1. The van der Waals surface area contributed by atoms with E-state index in [-0.39, 0.29) is 17.8 Å². The molecule has 2 aliphatic heterocycles. The fraction of sp³-hybridized carbons (Fsp3) is 0.409. The molecule has 0 radical (unpaired) electrons. The van der Waals surface area contributed by atoms with Crippen LogP contribution in [0.3, 0.4) is 0 Å². The second-order valence-electron chi connectivity index (χ2n) is 7.56. The van der Waals surface area contributed by atoms with Gasteiger partial charge in [0.15, 0.2) is 0 Å². The SMILES string of the molecule is CN=CC(=CN)c1cc(F)cc(N=C(N)C2=C(NC3CCOC3)CCN(C(C)=O)C2)c1. The molecule has 166 valence electrons. The molecule has 1 aromatic rings. The molecule has 2 aliphatic rings. The molecule has 9 heteroatoms. The van der Waals surface area contributed by atoms with Gasteiger partial charge in [0.1, 0.15) is 11.7 Å². The number of carbonyl (C=O) groups is 1. The number of hydrogen-bond acceptors (Lipinski definition) is 6. The molecule has 1 unspecified atom stereocenters. The first-order valence-corrected chi connectivity index (χ1v) is 10.2. The van der Waals surface area contributed by atoms with E-state index >= 15 is 0 Å². The third kappa shape index (κ3) is 5.69. The summed E-state index contributed by atoms with van der Waals surface area (Å²) in [5, 5.41) is 3.50. The van der Waals surface area contributed by atoms with Crippen molar-refractivity contribution in [2.45, 2.75) is 25.8 Å². The molecule has 31 heavy (non-hydrogen) atoms. The lowest BCUT2D eigenvalue weighted by Gasteiger charge is -2.31. The van der Waals surface area contributed by atoms with Gasteiger partial charge < -0.3 is 26.4 Å². The number of hydrogen-bond donors (Lipinski definition) is 3. The lowest BCUT2D eigenvalue weighted by Crippen LogP contribution is -2.43. The van der Waals surface area contributed by atoms with Gasteiger partial charge in [0.2, 0.25) is 5.91 Å². The molecule has 1 fully saturated rings. The largest absolute Gasteiger partial charge is 0.404 e. The molecule has 2 heterocycles. The first-order valence-electron chi connectivity index (χ1n) is 10.2. The highest BCUT2D eigenvalue weighted by Crippen LogP contribution is 2.24. The monoisotopic (exact) mass is 428 g/mol. The number of benzene rings is 1. The van der Waals surface area contributed by atoms with Crippen LogP contribution in [-0.2, 0) is 9.53 Å². The summed E-state index contributed by atoms with van der Waals surface area (Å²) >= 11 is 0. The van der Waals surface area contributed by atoms with Gasteiger partial charge in [0.05, 0.1) is 24.9 Å². The second-order valence-corrected chi connectivity index (χ2v) is 7.56. The van der Waals surface area contributed by atoms with E-state index < -0.39 is 5.82 Å². The van der Waals surface area contributed by atoms with E-state index in [4.69, 9.17) is 16.2 Å². The molecule has 1 aromatic carbocycles. The zero-order valence-corrected chi connectivity index (χ0v) is 17.9. The van der Waals surface area contributed by atoms with Crippen LogP contribution < -0.4 is 16.8 Å². The van der Waals surface area contributed by atoms with Crippen molar-refractivity contribution in [3.63, 3.8) is 0 Å². The van der Waals surface area contributed by atoms with Gasteiger partial charge in [-0.1, -0.05) is 0 Å². The average molecular weight is 429 g/mol. The van der Waals surface area contributed by atoms with E-state index in [1.807, 2.05) is 0 Å². The Morgan fingerprint density at radius 3 is 2.84 bits per heavy atom. The topological polar surface area (TPSA) is 118 Å². The van der Waals surface area contributed by atoms with Gasteiger partial charge in [0.25, 0.3) is 0 Å². The van der Waals surface area contributed by atoms with Crippen LogP contribution in [0.2, 0.25) is 0 Å². The Balaban J connectivity index is 1.96. The van der Waals surface area contributed by atoms with Gasteiger partial charge in [-0.15, -0.1) is 0 Å². The predicted molar refractivity (Wildman–Crippen MR) is 121 cm³/mol. The molecule has 0 bridgehead atoms. The Morgan fingerprint density at radius 1 is 1.39 bits per heavy atom. The smallest absolute Gasteiger partial charge is 0.219 e. The Labute approximate surface area is 181 Å². The van der Waals surface area contributed by atoms with Crippen LogP contribution in [0, 0.1) is 5.82 Å². The molecule has 1 amide bonds. The number of carbonyl (C=O) groups excluding carboxylic acids is 1. The van der Waals surface area contributed by atoms with E-state index in [0.29, 0.717) is 49.5 Å². The molecule has 0 spiro atoms. The zero-order valence-electron chi connectivity index (χ0n) is 17.9. The molecule has 8 nitrogen and oxygen atoms in total. The number of rotatable bonds is 6. The van der Waals surface area contributed by atoms with Crippen molar-refractivity contribution in [1.29, 1.82) is 0 Å². The molecule has 0 saturated carbocycles. The number of halogens is 1. The number of amides is 1. The van der Waals surface area contributed by atoms with E-state index in [1.165, 1.54) is 25.3 Å². The maximum Gasteiger partial charge on any atom is 0.219 e. The minimum atomic E-state index is -0.461. The number of allylic oxidation sites excluding steroid dienone is 1. The summed E-state index contributed by atoms with van der Waals surface area (Å²) in [5.74, 6) is -0.248. The third-order valence-corrected chi connectivity index (χ3v) is 5.32. The number of nitrogens with one attached hydrogen (secondary N) is 1. The molecule has 5 N–H and O–H groups in total. The molecule has 0 aliphatic carbocycles. The Morgan fingerprint density at radius 2 is 2.19 bits per heavy atom. The first-order chi connectivity index (χ1) is 14.9. The van der Waals surface area contributed by atoms with Crippen LogP contribution in [0.25, 0.3) is 5.57 Å². The highest BCUT2D eigenvalue weighted by Gasteiger charge is 2.26. The predicted octanol–water partition coefficient (Wildman–Crippen LogP) is 1.70. The van der Waals surface area contributed by atoms with Crippen molar-refractivity contribution < 1.29 is 13.9 Å². The van der Waals surface area contributed by atoms with E-state index in [1.54, 1.807) is 24.2 Å². The van der Waals surface area contributed by atoms with Crippen molar-refractivity contribution in [3.05, 3.63) is 47.0 Å². The summed E-state index contributed by atoms with van der Waals surface area (Å²) < 4.78 is 19.7. The zero-order chi connectivity index (χ0) is 22.4. The Bertz CT molecular complexity index is 947. The molecule has 1 saturated heterocycles. The number of amidine groups is 1. The minimum absolute atomic E-state index is 0.0295. The van der Waals surface area contributed by atoms with Gasteiger partial charge in [-0.25, -0.2) is 9.38 Å². The summed E-state index contributed by atoms with van der Waals surface area (Å²) in [6.07, 6.45) is 4.46. The van der Waals surface area contributed by atoms with Gasteiger partial charge in [-0.05, 0) is 30.2 Å². The molecule has 0 aromatic heterocycles. The normalized spacial score (nSPS) is 20.6. The van der Waals surface area contributed by atoms with Crippen molar-refractivity contribution in [2.75, 3.05) is 33.4 Å². The van der Waals surface area contributed by atoms with Crippen LogP contribution in [0.15, 0.2) is 45.7 Å². The highest BCUT2D eigenvalue weighted by molar-refractivity contribution is 6.10. The fourth-order valence-corrected chi connectivity index (χ4v) is 3.69. The average Bonchev–Trinajstić information content (AvgIpc) is 3.24. The molecule has 1 atom stereocenters. The standard InChI is InChI=1S/C22H29FN6O2/c1-14(30)29-5-3-21(27-18-4-6-31-13-18)20(12-29)22(25)28-19-8-15(7-17(23)9-19)16(10-24)11-26-2/h7-11,18,27H,3-6,12-13,24H2,1-2H3,(H2,25,28). The number of nitrogens with zero attached hydrogens (tertiary/aromatic N) is 3. The fourth-order valence-electron chi connectivity index (χ4n) is 3.69. The quantitative estimate of drug-likeness (QED) is 0.471. The molecule has 3 rings (SSSR count). The summed E-state index contributed by atoms with van der Waals surface area (Å²) in [6, 6.07) is 4.56. The number of ether oxygens (including phenoxy) is 1. The van der Waals surface area contributed by atoms with Crippen molar-refractivity contribution in [1.82, 2.24) is 10.2 Å². The summed E-state index contributed by atoms with van der Waals surface area (Å²) in [5.41, 5.74) is 15.2. The first kappa shape index (κ1) is 22.5. The van der Waals surface area contributed by atoms with Crippen LogP contribution in [0.4, 0.5) is 10.1 Å². The van der Waals surface area contributed by atoms with E-state index in [0.717, 1.165) is 17.7 Å². The van der Waals surface area contributed by atoms with Crippen molar-refractivity contribution >= 4 is 29.2 Å². The lowest BCUT2D eigenvalue weighted by molar-refractivity contribution is -0.128. The Hall–Kier alpha value is -3.20. The third-order valence-electron chi connectivity index (χ3n) is 5.32. The van der Waals surface area contributed by atoms with Gasteiger partial charge in [0, 0.05) is 62.8 Å². The minimum Gasteiger partial charge on any atom is -0.404 e. The number of nitrogens with two attached hydrogens (primary N) is 2. The highest BCUT2D eigenvalue weighted by atomic mass is 19.1. The molecular weight excluding hydrogens is 399 g/mol. The maximum absolute atomic E-state index is 14.3. The summed E-state index contributed by atoms with van der Waals surface area (Å²) in [7, 11) is 1.61. The van der Waals surface area contributed by atoms with Gasteiger partial charge in [-0.3, -0.25) is 9.79 Å². The van der Waals surface area contributed by atoms with Crippen LogP contribution in [-0.4, -0.2) is 62.3 Å². The Kier molecular flexibility index (Phi) is 7.41. The van der Waals surface area contributed by atoms with E-state index in [2.05, 4.69) is 15.3 Å². The van der Waals surface area contributed by atoms with Crippen molar-refractivity contribution in [3.8, 4) is 0 Å². The van der Waals surface area contributed by atoms with Crippen molar-refractivity contribution in [2.24, 2.45) is 21.5 Å². The van der Waals surface area contributed by atoms with Gasteiger partial charge in [-0.2, -0.15) is 0 Å². The summed E-state index contributed by atoms with van der Waals surface area (Å²) in [6.45, 7) is 3.83. The van der Waals surface area contributed by atoms with Crippen LogP contribution in [0.1, 0.15) is 25.3 Å². The van der Waals surface area contributed by atoms with Crippen LogP contribution in [0.5, 0.6) is 0 Å². The molecular formula is C22H29FN6O2. The van der Waals surface area contributed by atoms with Gasteiger partial charge >= 0.3 is 0 Å². The second kappa shape index (κ2) is 10.2.